The second-order valence-electron chi connectivity index (χ2n) is 7.77. The number of hydrogen-bond acceptors (Lipinski definition) is 6. The summed E-state index contributed by atoms with van der Waals surface area (Å²) in [5, 5.41) is 14.7. The van der Waals surface area contributed by atoms with Gasteiger partial charge in [0, 0.05) is 18.2 Å². The summed E-state index contributed by atoms with van der Waals surface area (Å²) in [6, 6.07) is 0. The number of nitrogens with one attached hydrogen (secondary N) is 1. The van der Waals surface area contributed by atoms with Gasteiger partial charge in [0.05, 0.1) is 10.2 Å². The SMILES string of the molecule is CSc1ncc(Br)c(C(O)C2(CNC(=O)OC(C)(C)C)CCCCC2)n1. The number of thioether (sulfide) groups is 1. The number of alkyl carbamates (subject to hydrolysis) is 1. The summed E-state index contributed by atoms with van der Waals surface area (Å²) in [6.45, 7) is 5.85. The molecule has 2 N–H and O–H groups in total. The van der Waals surface area contributed by atoms with Gasteiger partial charge in [0.1, 0.15) is 11.7 Å². The van der Waals surface area contributed by atoms with Crippen molar-refractivity contribution in [1.29, 1.82) is 0 Å². The van der Waals surface area contributed by atoms with E-state index in [-0.39, 0.29) is 0 Å². The van der Waals surface area contributed by atoms with E-state index in [1.54, 1.807) is 6.20 Å². The van der Waals surface area contributed by atoms with Crippen molar-refractivity contribution in [3.63, 3.8) is 0 Å². The molecular weight excluding hydrogens is 418 g/mol. The van der Waals surface area contributed by atoms with Crippen LogP contribution in [-0.2, 0) is 4.74 Å². The number of amides is 1. The van der Waals surface area contributed by atoms with Crippen LogP contribution < -0.4 is 5.32 Å². The van der Waals surface area contributed by atoms with Crippen LogP contribution >= 0.6 is 27.7 Å². The van der Waals surface area contributed by atoms with E-state index in [4.69, 9.17) is 4.74 Å². The van der Waals surface area contributed by atoms with Gasteiger partial charge in [0.15, 0.2) is 5.16 Å². The van der Waals surface area contributed by atoms with Crippen LogP contribution in [0.5, 0.6) is 0 Å². The molecule has 1 fully saturated rings. The zero-order chi connectivity index (χ0) is 19.4. The van der Waals surface area contributed by atoms with Gasteiger partial charge < -0.3 is 15.2 Å². The highest BCUT2D eigenvalue weighted by atomic mass is 79.9. The van der Waals surface area contributed by atoms with Crippen molar-refractivity contribution in [2.75, 3.05) is 12.8 Å². The highest BCUT2D eigenvalue weighted by Crippen LogP contribution is 2.46. The van der Waals surface area contributed by atoms with Gasteiger partial charge in [-0.15, -0.1) is 0 Å². The number of rotatable bonds is 5. The van der Waals surface area contributed by atoms with E-state index >= 15 is 0 Å². The van der Waals surface area contributed by atoms with Crippen LogP contribution in [0.25, 0.3) is 0 Å². The number of aliphatic hydroxyl groups is 1. The van der Waals surface area contributed by atoms with Crippen LogP contribution in [0, 0.1) is 5.41 Å². The van der Waals surface area contributed by atoms with Crippen LogP contribution in [0.4, 0.5) is 4.79 Å². The molecule has 1 aliphatic rings. The van der Waals surface area contributed by atoms with Gasteiger partial charge in [-0.05, 0) is 55.8 Å². The number of aromatic nitrogens is 2. The third-order valence-electron chi connectivity index (χ3n) is 4.60. The molecule has 1 unspecified atom stereocenters. The molecule has 26 heavy (non-hydrogen) atoms. The molecule has 146 valence electrons. The Balaban J connectivity index is 2.21. The fourth-order valence-electron chi connectivity index (χ4n) is 3.31. The van der Waals surface area contributed by atoms with Crippen molar-refractivity contribution in [2.45, 2.75) is 69.7 Å². The Morgan fingerprint density at radius 3 is 2.65 bits per heavy atom. The summed E-state index contributed by atoms with van der Waals surface area (Å²) in [5.41, 5.74) is -0.426. The zero-order valence-corrected chi connectivity index (χ0v) is 18.2. The Morgan fingerprint density at radius 1 is 1.42 bits per heavy atom. The molecule has 8 heteroatoms. The molecule has 6 nitrogen and oxygen atoms in total. The van der Waals surface area contributed by atoms with Crippen LogP contribution in [-0.4, -0.2) is 39.6 Å². The van der Waals surface area contributed by atoms with E-state index in [1.165, 1.54) is 11.8 Å². The molecular formula is C18H28BrN3O3S. The largest absolute Gasteiger partial charge is 0.444 e. The lowest BCUT2D eigenvalue weighted by molar-refractivity contribution is -0.0124. The smallest absolute Gasteiger partial charge is 0.407 e. The van der Waals surface area contributed by atoms with Gasteiger partial charge in [-0.2, -0.15) is 0 Å². The van der Waals surface area contributed by atoms with Gasteiger partial charge in [-0.1, -0.05) is 31.0 Å². The first-order chi connectivity index (χ1) is 12.2. The van der Waals surface area contributed by atoms with E-state index in [0.29, 0.717) is 21.9 Å². The van der Waals surface area contributed by atoms with Crippen LogP contribution in [0.15, 0.2) is 15.8 Å². The predicted molar refractivity (Wildman–Crippen MR) is 106 cm³/mol. The van der Waals surface area contributed by atoms with E-state index in [1.807, 2.05) is 27.0 Å². The highest BCUT2D eigenvalue weighted by molar-refractivity contribution is 9.10. The second-order valence-corrected chi connectivity index (χ2v) is 9.40. The van der Waals surface area contributed by atoms with Crippen LogP contribution in [0.1, 0.15) is 64.7 Å². The average molecular weight is 446 g/mol. The van der Waals surface area contributed by atoms with E-state index in [0.717, 1.165) is 32.1 Å². The summed E-state index contributed by atoms with van der Waals surface area (Å²) < 4.78 is 6.03. The summed E-state index contributed by atoms with van der Waals surface area (Å²) in [5.74, 6) is 0. The first-order valence-corrected chi connectivity index (χ1v) is 10.9. The van der Waals surface area contributed by atoms with Gasteiger partial charge in [-0.3, -0.25) is 0 Å². The molecule has 1 heterocycles. The van der Waals surface area contributed by atoms with E-state index < -0.39 is 23.2 Å². The van der Waals surface area contributed by atoms with Gasteiger partial charge in [-0.25, -0.2) is 14.8 Å². The van der Waals surface area contributed by atoms with Crippen molar-refractivity contribution in [3.05, 3.63) is 16.4 Å². The molecule has 0 radical (unpaired) electrons. The minimum absolute atomic E-state index is 0.355. The number of carbonyl (C=O) groups excluding carboxylic acids is 1. The second kappa shape index (κ2) is 8.89. The topological polar surface area (TPSA) is 84.3 Å². The van der Waals surface area contributed by atoms with E-state index in [2.05, 4.69) is 31.2 Å². The first-order valence-electron chi connectivity index (χ1n) is 8.88. The maximum absolute atomic E-state index is 12.1. The van der Waals surface area contributed by atoms with Gasteiger partial charge in [0.2, 0.25) is 0 Å². The van der Waals surface area contributed by atoms with Crippen molar-refractivity contribution < 1.29 is 14.6 Å². The summed E-state index contributed by atoms with van der Waals surface area (Å²) in [6.07, 6.45) is 7.17. The molecule has 1 aromatic rings. The molecule has 1 saturated carbocycles. The Kier molecular flexibility index (Phi) is 7.33. The molecule has 2 rings (SSSR count). The lowest BCUT2D eigenvalue weighted by Gasteiger charge is -2.41. The molecule has 1 amide bonds. The monoisotopic (exact) mass is 445 g/mol. The lowest BCUT2D eigenvalue weighted by Crippen LogP contribution is -2.44. The third-order valence-corrected chi connectivity index (χ3v) is 5.78. The van der Waals surface area contributed by atoms with Crippen LogP contribution in [0.3, 0.4) is 0 Å². The average Bonchev–Trinajstić information content (AvgIpc) is 2.59. The minimum atomic E-state index is -0.791. The zero-order valence-electron chi connectivity index (χ0n) is 15.8. The van der Waals surface area contributed by atoms with Crippen molar-refractivity contribution in [3.8, 4) is 0 Å². The molecule has 0 bridgehead atoms. The standard InChI is InChI=1S/C18H28BrN3O3S/c1-17(2,3)25-16(24)21-11-18(8-6-5-7-9-18)14(23)13-12(19)10-20-15(22-13)26-4/h10,14,23H,5-9,11H2,1-4H3,(H,21,24). The van der Waals surface area contributed by atoms with Crippen molar-refractivity contribution in [2.24, 2.45) is 5.41 Å². The molecule has 0 saturated heterocycles. The van der Waals surface area contributed by atoms with Crippen LogP contribution in [0.2, 0.25) is 0 Å². The Labute approximate surface area is 168 Å². The number of hydrogen-bond donors (Lipinski definition) is 2. The first kappa shape index (κ1) is 21.4. The molecule has 1 atom stereocenters. The minimum Gasteiger partial charge on any atom is -0.444 e. The molecule has 1 aromatic heterocycles. The number of aliphatic hydroxyl groups excluding tert-OH is 1. The quantitative estimate of drug-likeness (QED) is 0.513. The summed E-state index contributed by atoms with van der Waals surface area (Å²) in [7, 11) is 0. The summed E-state index contributed by atoms with van der Waals surface area (Å²) >= 11 is 4.90. The number of nitrogens with zero attached hydrogens (tertiary/aromatic N) is 2. The maximum atomic E-state index is 12.1. The number of ether oxygens (including phenoxy) is 1. The molecule has 0 aliphatic heterocycles. The third kappa shape index (κ3) is 5.57. The fourth-order valence-corrected chi connectivity index (χ4v) is 4.06. The lowest BCUT2D eigenvalue weighted by atomic mass is 9.69. The van der Waals surface area contributed by atoms with Gasteiger partial charge >= 0.3 is 6.09 Å². The summed E-state index contributed by atoms with van der Waals surface area (Å²) in [4.78, 5) is 20.9. The maximum Gasteiger partial charge on any atom is 0.407 e. The predicted octanol–water partition coefficient (Wildman–Crippen LogP) is 4.47. The Morgan fingerprint density at radius 2 is 2.08 bits per heavy atom. The Hall–Kier alpha value is -0.860. The van der Waals surface area contributed by atoms with Gasteiger partial charge in [0.25, 0.3) is 0 Å². The van der Waals surface area contributed by atoms with Crippen molar-refractivity contribution >= 4 is 33.8 Å². The number of carbonyl (C=O) groups is 1. The molecule has 0 aromatic carbocycles. The fraction of sp³-hybridized carbons (Fsp3) is 0.722. The number of halogens is 1. The highest BCUT2D eigenvalue weighted by Gasteiger charge is 2.42. The van der Waals surface area contributed by atoms with E-state index in [9.17, 15) is 9.90 Å². The molecule has 0 spiro atoms. The molecule has 1 aliphatic carbocycles. The normalized spacial score (nSPS) is 18.2. The van der Waals surface area contributed by atoms with Crippen molar-refractivity contribution in [1.82, 2.24) is 15.3 Å². The Bertz CT molecular complexity index is 631.